The van der Waals surface area contributed by atoms with Crippen LogP contribution >= 0.6 is 23.2 Å². The monoisotopic (exact) mass is 637 g/mol. The van der Waals surface area contributed by atoms with Gasteiger partial charge in [0.25, 0.3) is 11.8 Å². The van der Waals surface area contributed by atoms with Crippen molar-refractivity contribution in [1.82, 2.24) is 10.6 Å². The summed E-state index contributed by atoms with van der Waals surface area (Å²) in [5.41, 5.74) is 0.367. The van der Waals surface area contributed by atoms with Crippen LogP contribution in [0.2, 0.25) is 10.0 Å². The van der Waals surface area contributed by atoms with Crippen LogP contribution in [0.15, 0.2) is 36.4 Å². The molecule has 0 fully saturated rings. The number of nitrogens with one attached hydrogen (secondary N) is 3. The molecule has 230 valence electrons. The van der Waals surface area contributed by atoms with Gasteiger partial charge in [0.1, 0.15) is 19.4 Å². The second-order valence-electron chi connectivity index (χ2n) is 9.16. The standard InChI is InChI=1S/C27H29Cl2N5O9/c1-15(30-27(43)17-7-19(28)26(20(29)8-17)31-16(2)38)10-34(24(40)13-36)22-6-4-3-5-21(22)33(14-37)11-23(39)32-18(12-35)9-25(41)42/h3-8,12,14-15,18,36H,9-11,13H2,1-2H3,(H,30,43)(H,31,38)(H,32,39)(H,41,42). The predicted octanol–water partition coefficient (Wildman–Crippen LogP) is 1.22. The molecule has 2 aromatic carbocycles. The molecule has 0 aromatic heterocycles. The number of para-hydroxylation sites is 2. The summed E-state index contributed by atoms with van der Waals surface area (Å²) in [7, 11) is 0. The van der Waals surface area contributed by atoms with E-state index in [1.54, 1.807) is 13.0 Å². The highest BCUT2D eigenvalue weighted by atomic mass is 35.5. The van der Waals surface area contributed by atoms with Gasteiger partial charge in [0.05, 0.1) is 39.6 Å². The number of halogens is 2. The number of benzene rings is 2. The lowest BCUT2D eigenvalue weighted by atomic mass is 10.1. The maximum absolute atomic E-state index is 12.9. The number of carboxylic acids is 1. The minimum Gasteiger partial charge on any atom is -0.481 e. The van der Waals surface area contributed by atoms with Gasteiger partial charge in [-0.15, -0.1) is 0 Å². The van der Waals surface area contributed by atoms with Crippen LogP contribution in [-0.2, 0) is 28.8 Å². The quantitative estimate of drug-likeness (QED) is 0.178. The van der Waals surface area contributed by atoms with E-state index in [-0.39, 0.29) is 45.5 Å². The zero-order valence-corrected chi connectivity index (χ0v) is 24.5. The molecule has 2 rings (SSSR count). The average molecular weight is 638 g/mol. The van der Waals surface area contributed by atoms with Crippen LogP contribution in [0, 0.1) is 0 Å². The summed E-state index contributed by atoms with van der Waals surface area (Å²) in [4.78, 5) is 85.6. The van der Waals surface area contributed by atoms with E-state index in [2.05, 4.69) is 16.0 Å². The molecule has 0 spiro atoms. The van der Waals surface area contributed by atoms with Crippen molar-refractivity contribution in [2.24, 2.45) is 0 Å². The molecule has 5 N–H and O–H groups in total. The number of rotatable bonds is 15. The summed E-state index contributed by atoms with van der Waals surface area (Å²) in [6.45, 7) is 1.08. The number of carboxylic acid groups (broad SMARTS) is 1. The third kappa shape index (κ3) is 10.1. The Hall–Kier alpha value is -4.53. The van der Waals surface area contributed by atoms with Gasteiger partial charge in [-0.3, -0.25) is 28.8 Å². The molecular weight excluding hydrogens is 609 g/mol. The van der Waals surface area contributed by atoms with Crippen molar-refractivity contribution >= 4 is 82.6 Å². The minimum absolute atomic E-state index is 0.0203. The topological polar surface area (TPSA) is 203 Å². The van der Waals surface area contributed by atoms with E-state index in [1.807, 2.05) is 0 Å². The molecule has 0 saturated heterocycles. The maximum atomic E-state index is 12.9. The zero-order chi connectivity index (χ0) is 32.3. The number of hydrogen-bond donors (Lipinski definition) is 5. The summed E-state index contributed by atoms with van der Waals surface area (Å²) in [6, 6.07) is 6.46. The second-order valence-corrected chi connectivity index (χ2v) is 9.98. The normalized spacial score (nSPS) is 11.8. The van der Waals surface area contributed by atoms with Gasteiger partial charge in [-0.25, -0.2) is 0 Å². The molecule has 0 saturated carbocycles. The number of amides is 5. The lowest BCUT2D eigenvalue weighted by molar-refractivity contribution is -0.138. The number of aliphatic hydroxyl groups excluding tert-OH is 1. The molecule has 0 radical (unpaired) electrons. The first-order chi connectivity index (χ1) is 20.3. The number of aldehydes is 1. The first kappa shape index (κ1) is 34.7. The van der Waals surface area contributed by atoms with Crippen LogP contribution in [0.25, 0.3) is 0 Å². The molecule has 14 nitrogen and oxygen atoms in total. The number of aliphatic hydroxyl groups is 1. The largest absolute Gasteiger partial charge is 0.481 e. The van der Waals surface area contributed by atoms with Crippen LogP contribution in [-0.4, -0.2) is 84.3 Å². The Bertz CT molecular complexity index is 1380. The molecule has 43 heavy (non-hydrogen) atoms. The molecule has 0 aliphatic heterocycles. The lowest BCUT2D eigenvalue weighted by Crippen LogP contribution is -2.46. The van der Waals surface area contributed by atoms with Gasteiger partial charge in [-0.2, -0.15) is 0 Å². The van der Waals surface area contributed by atoms with Crippen molar-refractivity contribution in [2.45, 2.75) is 32.4 Å². The number of hydrogen-bond acceptors (Lipinski definition) is 8. The maximum Gasteiger partial charge on any atom is 0.305 e. The van der Waals surface area contributed by atoms with Crippen molar-refractivity contribution in [3.05, 3.63) is 52.0 Å². The fraction of sp³-hybridized carbons (Fsp3) is 0.296. The van der Waals surface area contributed by atoms with Crippen molar-refractivity contribution in [2.75, 3.05) is 34.8 Å². The Kier molecular flexibility index (Phi) is 13.1. The third-order valence-electron chi connectivity index (χ3n) is 5.70. The van der Waals surface area contributed by atoms with Crippen LogP contribution in [0.1, 0.15) is 30.6 Å². The van der Waals surface area contributed by atoms with E-state index in [4.69, 9.17) is 28.3 Å². The molecule has 0 heterocycles. The van der Waals surface area contributed by atoms with Gasteiger partial charge in [-0.05, 0) is 31.2 Å². The Morgan fingerprint density at radius 1 is 1.00 bits per heavy atom. The molecule has 0 aliphatic rings. The molecule has 16 heteroatoms. The van der Waals surface area contributed by atoms with Crippen molar-refractivity contribution < 1.29 is 43.8 Å². The Labute approximate surface area is 255 Å². The number of aliphatic carboxylic acids is 1. The van der Waals surface area contributed by atoms with Gasteiger partial charge >= 0.3 is 5.97 Å². The highest BCUT2D eigenvalue weighted by Crippen LogP contribution is 2.32. The lowest BCUT2D eigenvalue weighted by Gasteiger charge is -2.30. The Morgan fingerprint density at radius 2 is 1.60 bits per heavy atom. The Balaban J connectivity index is 2.28. The van der Waals surface area contributed by atoms with Gasteiger partial charge in [0.15, 0.2) is 0 Å². The second kappa shape index (κ2) is 16.2. The van der Waals surface area contributed by atoms with Crippen molar-refractivity contribution in [3.8, 4) is 0 Å². The summed E-state index contributed by atoms with van der Waals surface area (Å²) in [6.07, 6.45) is -0.106. The summed E-state index contributed by atoms with van der Waals surface area (Å²) in [5, 5.41) is 25.9. The number of anilines is 3. The third-order valence-corrected chi connectivity index (χ3v) is 6.30. The van der Waals surface area contributed by atoms with Crippen molar-refractivity contribution in [1.29, 1.82) is 0 Å². The van der Waals surface area contributed by atoms with Gasteiger partial charge in [0.2, 0.25) is 18.2 Å². The molecular formula is C27H29Cl2N5O9. The predicted molar refractivity (Wildman–Crippen MR) is 157 cm³/mol. The van der Waals surface area contributed by atoms with E-state index in [1.165, 1.54) is 37.3 Å². The van der Waals surface area contributed by atoms with Crippen LogP contribution in [0.3, 0.4) is 0 Å². The van der Waals surface area contributed by atoms with E-state index >= 15 is 0 Å². The fourth-order valence-corrected chi connectivity index (χ4v) is 4.47. The number of nitrogens with zero attached hydrogens (tertiary/aromatic N) is 2. The zero-order valence-electron chi connectivity index (χ0n) is 23.0. The smallest absolute Gasteiger partial charge is 0.305 e. The van der Waals surface area contributed by atoms with E-state index in [9.17, 15) is 38.7 Å². The highest BCUT2D eigenvalue weighted by molar-refractivity contribution is 6.40. The molecule has 0 bridgehead atoms. The molecule has 2 atom stereocenters. The van der Waals surface area contributed by atoms with Crippen molar-refractivity contribution in [3.63, 3.8) is 0 Å². The van der Waals surface area contributed by atoms with Gasteiger partial charge in [-0.1, -0.05) is 35.3 Å². The minimum atomic E-state index is -1.32. The summed E-state index contributed by atoms with van der Waals surface area (Å²) < 4.78 is 0. The van der Waals surface area contributed by atoms with E-state index in [0.717, 1.165) is 9.80 Å². The average Bonchev–Trinajstić information content (AvgIpc) is 2.95. The SMILES string of the molecule is CC(=O)Nc1c(Cl)cc(C(=O)NC(C)CN(C(=O)CO)c2ccccc2N(C=O)CC(=O)NC(C=O)CC(=O)O)cc1Cl. The van der Waals surface area contributed by atoms with E-state index in [0.29, 0.717) is 6.41 Å². The highest BCUT2D eigenvalue weighted by Gasteiger charge is 2.25. The number of carbonyl (C=O) groups excluding carboxylic acids is 6. The van der Waals surface area contributed by atoms with Gasteiger partial charge in [0, 0.05) is 25.1 Å². The van der Waals surface area contributed by atoms with Gasteiger partial charge < -0.3 is 40.8 Å². The van der Waals surface area contributed by atoms with Crippen LogP contribution in [0.4, 0.5) is 17.1 Å². The molecule has 0 aliphatic carbocycles. The fourth-order valence-electron chi connectivity index (χ4n) is 3.89. The van der Waals surface area contributed by atoms with Crippen LogP contribution in [0.5, 0.6) is 0 Å². The van der Waals surface area contributed by atoms with Crippen LogP contribution < -0.4 is 25.8 Å². The van der Waals surface area contributed by atoms with E-state index < -0.39 is 61.3 Å². The Morgan fingerprint density at radius 3 is 2.12 bits per heavy atom. The molecule has 2 aromatic rings. The first-order valence-electron chi connectivity index (χ1n) is 12.6. The first-order valence-corrected chi connectivity index (χ1v) is 13.3. The summed E-state index contributed by atoms with van der Waals surface area (Å²) >= 11 is 12.3. The number of carbonyl (C=O) groups is 7. The molecule has 2 unspecified atom stereocenters. The summed E-state index contributed by atoms with van der Waals surface area (Å²) in [5.74, 6) is -3.99. The molecule has 5 amide bonds.